The molecule has 2 amide bonds. The average Bonchev–Trinajstić information content (AvgIpc) is 3.17. The standard InChI is InChI=1S/C18H21N3O4S/c1-11(10-19-2)17(22)20-12-8-14-15(25-6-5-24-14)9-13(12)21-18(23)16-4-3-7-26-16/h3-4,7-9,11,19H,5-6,10H2,1-2H3,(H,20,22)(H,21,23). The Morgan fingerprint density at radius 2 is 1.81 bits per heavy atom. The number of fused-ring (bicyclic) bond motifs is 1. The zero-order valence-electron chi connectivity index (χ0n) is 14.6. The summed E-state index contributed by atoms with van der Waals surface area (Å²) in [5, 5.41) is 10.5. The molecule has 1 unspecified atom stereocenters. The largest absolute Gasteiger partial charge is 0.486 e. The highest BCUT2D eigenvalue weighted by Crippen LogP contribution is 2.38. The highest BCUT2D eigenvalue weighted by molar-refractivity contribution is 7.12. The molecule has 3 rings (SSSR count). The molecule has 0 spiro atoms. The highest BCUT2D eigenvalue weighted by atomic mass is 32.1. The number of amides is 2. The third-order valence-electron chi connectivity index (χ3n) is 3.89. The number of thiophene rings is 1. The van der Waals surface area contributed by atoms with Crippen molar-refractivity contribution in [3.63, 3.8) is 0 Å². The summed E-state index contributed by atoms with van der Waals surface area (Å²) in [6, 6.07) is 6.91. The number of carbonyl (C=O) groups excluding carboxylic acids is 2. The number of carbonyl (C=O) groups is 2. The molecule has 7 nitrogen and oxygen atoms in total. The number of benzene rings is 1. The maximum Gasteiger partial charge on any atom is 0.265 e. The van der Waals surface area contributed by atoms with E-state index in [9.17, 15) is 9.59 Å². The van der Waals surface area contributed by atoms with Crippen LogP contribution in [-0.4, -0.2) is 38.6 Å². The van der Waals surface area contributed by atoms with Crippen LogP contribution in [0.3, 0.4) is 0 Å². The van der Waals surface area contributed by atoms with Gasteiger partial charge in [-0.2, -0.15) is 0 Å². The molecule has 1 aromatic carbocycles. The second-order valence-electron chi connectivity index (χ2n) is 5.92. The van der Waals surface area contributed by atoms with Gasteiger partial charge in [0.25, 0.3) is 5.91 Å². The van der Waals surface area contributed by atoms with E-state index in [0.717, 1.165) is 0 Å². The van der Waals surface area contributed by atoms with E-state index in [1.807, 2.05) is 18.4 Å². The molecule has 2 heterocycles. The Kier molecular flexibility index (Phi) is 5.75. The first-order valence-corrected chi connectivity index (χ1v) is 9.20. The van der Waals surface area contributed by atoms with Gasteiger partial charge in [-0.15, -0.1) is 11.3 Å². The maximum atomic E-state index is 12.4. The van der Waals surface area contributed by atoms with E-state index >= 15 is 0 Å². The molecular formula is C18H21N3O4S. The van der Waals surface area contributed by atoms with E-state index in [4.69, 9.17) is 9.47 Å². The summed E-state index contributed by atoms with van der Waals surface area (Å²) in [6.45, 7) is 3.26. The molecule has 3 N–H and O–H groups in total. The van der Waals surface area contributed by atoms with Crippen LogP contribution in [0.2, 0.25) is 0 Å². The third kappa shape index (κ3) is 4.14. The molecule has 1 aromatic heterocycles. The van der Waals surface area contributed by atoms with Crippen molar-refractivity contribution in [3.05, 3.63) is 34.5 Å². The van der Waals surface area contributed by atoms with Gasteiger partial charge in [0, 0.05) is 24.6 Å². The normalized spacial score (nSPS) is 13.8. The molecule has 0 fully saturated rings. The van der Waals surface area contributed by atoms with Gasteiger partial charge in [-0.05, 0) is 18.5 Å². The number of hydrogen-bond donors (Lipinski definition) is 3. The van der Waals surface area contributed by atoms with Gasteiger partial charge in [-0.25, -0.2) is 0 Å². The molecule has 1 aliphatic rings. The van der Waals surface area contributed by atoms with Crippen molar-refractivity contribution in [1.29, 1.82) is 0 Å². The van der Waals surface area contributed by atoms with Gasteiger partial charge < -0.3 is 25.4 Å². The van der Waals surface area contributed by atoms with Crippen LogP contribution in [0.15, 0.2) is 29.6 Å². The molecule has 0 saturated carbocycles. The smallest absolute Gasteiger partial charge is 0.265 e. The molecule has 26 heavy (non-hydrogen) atoms. The average molecular weight is 375 g/mol. The first-order valence-electron chi connectivity index (χ1n) is 8.32. The first kappa shape index (κ1) is 18.2. The fourth-order valence-electron chi connectivity index (χ4n) is 2.54. The van der Waals surface area contributed by atoms with Gasteiger partial charge in [-0.1, -0.05) is 13.0 Å². The van der Waals surface area contributed by atoms with Crippen molar-refractivity contribution in [2.45, 2.75) is 6.92 Å². The zero-order chi connectivity index (χ0) is 18.5. The van der Waals surface area contributed by atoms with Crippen LogP contribution in [0, 0.1) is 5.92 Å². The van der Waals surface area contributed by atoms with Crippen molar-refractivity contribution in [2.75, 3.05) is 37.4 Å². The lowest BCUT2D eigenvalue weighted by molar-refractivity contribution is -0.119. The topological polar surface area (TPSA) is 88.7 Å². The summed E-state index contributed by atoms with van der Waals surface area (Å²) in [7, 11) is 1.79. The number of ether oxygens (including phenoxy) is 2. The molecular weight excluding hydrogens is 354 g/mol. The Balaban J connectivity index is 1.87. The molecule has 138 valence electrons. The molecule has 1 aliphatic heterocycles. The monoisotopic (exact) mass is 375 g/mol. The Morgan fingerprint density at radius 1 is 1.15 bits per heavy atom. The second-order valence-corrected chi connectivity index (χ2v) is 6.87. The molecule has 8 heteroatoms. The van der Waals surface area contributed by atoms with Crippen LogP contribution in [-0.2, 0) is 4.79 Å². The lowest BCUT2D eigenvalue weighted by atomic mass is 10.1. The number of anilines is 2. The number of rotatable bonds is 6. The molecule has 1 atom stereocenters. The first-order chi connectivity index (χ1) is 12.6. The predicted molar refractivity (Wildman–Crippen MR) is 101 cm³/mol. The van der Waals surface area contributed by atoms with Gasteiger partial charge in [0.1, 0.15) is 13.2 Å². The molecule has 0 bridgehead atoms. The summed E-state index contributed by atoms with van der Waals surface area (Å²) in [5.41, 5.74) is 0.949. The van der Waals surface area contributed by atoms with Gasteiger partial charge in [0.2, 0.25) is 5.91 Å². The lowest BCUT2D eigenvalue weighted by Gasteiger charge is -2.22. The van der Waals surface area contributed by atoms with Crippen LogP contribution in [0.1, 0.15) is 16.6 Å². The fraction of sp³-hybridized carbons (Fsp3) is 0.333. The summed E-state index contributed by atoms with van der Waals surface area (Å²) >= 11 is 1.35. The van der Waals surface area contributed by atoms with Crippen LogP contribution in [0.4, 0.5) is 11.4 Å². The van der Waals surface area contributed by atoms with E-state index < -0.39 is 0 Å². The zero-order valence-corrected chi connectivity index (χ0v) is 15.4. The second kappa shape index (κ2) is 8.20. The van der Waals surface area contributed by atoms with Crippen molar-refractivity contribution in [1.82, 2.24) is 5.32 Å². The summed E-state index contributed by atoms with van der Waals surface area (Å²) in [4.78, 5) is 25.4. The van der Waals surface area contributed by atoms with Crippen LogP contribution < -0.4 is 25.4 Å². The van der Waals surface area contributed by atoms with E-state index in [2.05, 4.69) is 16.0 Å². The van der Waals surface area contributed by atoms with Crippen molar-refractivity contribution in [2.24, 2.45) is 5.92 Å². The third-order valence-corrected chi connectivity index (χ3v) is 4.76. The van der Waals surface area contributed by atoms with Gasteiger partial charge in [0.15, 0.2) is 11.5 Å². The van der Waals surface area contributed by atoms with Crippen molar-refractivity contribution in [3.8, 4) is 11.5 Å². The Bertz CT molecular complexity index is 792. The van der Waals surface area contributed by atoms with E-state index in [0.29, 0.717) is 47.5 Å². The summed E-state index contributed by atoms with van der Waals surface area (Å²) in [5.74, 6) is 0.466. The minimum absolute atomic E-state index is 0.150. The van der Waals surface area contributed by atoms with E-state index in [1.165, 1.54) is 11.3 Å². The van der Waals surface area contributed by atoms with E-state index in [1.54, 1.807) is 25.2 Å². The van der Waals surface area contributed by atoms with Crippen LogP contribution in [0.5, 0.6) is 11.5 Å². The quantitative estimate of drug-likeness (QED) is 0.722. The molecule has 0 aliphatic carbocycles. The molecule has 0 radical (unpaired) electrons. The molecule has 2 aromatic rings. The van der Waals surface area contributed by atoms with Gasteiger partial charge in [-0.3, -0.25) is 9.59 Å². The number of hydrogen-bond acceptors (Lipinski definition) is 6. The van der Waals surface area contributed by atoms with Gasteiger partial charge in [0.05, 0.1) is 16.3 Å². The minimum Gasteiger partial charge on any atom is -0.486 e. The van der Waals surface area contributed by atoms with Gasteiger partial charge >= 0.3 is 0 Å². The Morgan fingerprint density at radius 3 is 2.38 bits per heavy atom. The van der Waals surface area contributed by atoms with Crippen LogP contribution in [0.25, 0.3) is 0 Å². The summed E-state index contributed by atoms with van der Waals surface area (Å²) < 4.78 is 11.2. The highest BCUT2D eigenvalue weighted by Gasteiger charge is 2.21. The SMILES string of the molecule is CNCC(C)C(=O)Nc1cc2c(cc1NC(=O)c1cccs1)OCCO2. The lowest BCUT2D eigenvalue weighted by Crippen LogP contribution is -2.29. The Hall–Kier alpha value is -2.58. The summed E-state index contributed by atoms with van der Waals surface area (Å²) in [6.07, 6.45) is 0. The number of nitrogens with one attached hydrogen (secondary N) is 3. The van der Waals surface area contributed by atoms with Crippen molar-refractivity contribution >= 4 is 34.5 Å². The Labute approximate surface area is 155 Å². The van der Waals surface area contributed by atoms with Crippen LogP contribution >= 0.6 is 11.3 Å². The maximum absolute atomic E-state index is 12.4. The van der Waals surface area contributed by atoms with E-state index in [-0.39, 0.29) is 17.7 Å². The minimum atomic E-state index is -0.240. The molecule has 0 saturated heterocycles. The predicted octanol–water partition coefficient (Wildman–Crippen LogP) is 2.57. The fourth-order valence-corrected chi connectivity index (χ4v) is 3.16. The van der Waals surface area contributed by atoms with Crippen molar-refractivity contribution < 1.29 is 19.1 Å².